The van der Waals surface area contributed by atoms with E-state index in [-0.39, 0.29) is 11.1 Å². The van der Waals surface area contributed by atoms with Crippen LogP contribution in [-0.4, -0.2) is 9.81 Å². The smallest absolute Gasteiger partial charge is 0.262 e. The first-order chi connectivity index (χ1) is 9.08. The van der Waals surface area contributed by atoms with Crippen molar-refractivity contribution in [3.05, 3.63) is 69.6 Å². The van der Waals surface area contributed by atoms with Crippen molar-refractivity contribution in [3.8, 4) is 0 Å². The van der Waals surface area contributed by atoms with E-state index >= 15 is 0 Å². The summed E-state index contributed by atoms with van der Waals surface area (Å²) in [5.41, 5.74) is 2.04. The lowest BCUT2D eigenvalue weighted by Crippen LogP contribution is -2.25. The second-order valence-corrected chi connectivity index (χ2v) is 4.77. The van der Waals surface area contributed by atoms with E-state index in [4.69, 9.17) is 11.6 Å². The molecule has 1 aromatic carbocycles. The van der Waals surface area contributed by atoms with Crippen LogP contribution in [0.2, 0.25) is 0 Å². The number of carbonyl (C=O) groups is 1. The summed E-state index contributed by atoms with van der Waals surface area (Å²) in [5.74, 6) is 0. The van der Waals surface area contributed by atoms with Crippen LogP contribution in [0.1, 0.15) is 21.5 Å². The van der Waals surface area contributed by atoms with Crippen molar-refractivity contribution in [2.24, 2.45) is 0 Å². The lowest BCUT2D eigenvalue weighted by atomic mass is 10.1. The number of nitrogens with zero attached hydrogens (tertiary/aromatic N) is 1. The van der Waals surface area contributed by atoms with Crippen LogP contribution in [0.4, 0.5) is 0 Å². The Morgan fingerprint density at radius 2 is 1.89 bits per heavy atom. The van der Waals surface area contributed by atoms with Gasteiger partial charge in [-0.3, -0.25) is 9.59 Å². The van der Waals surface area contributed by atoms with Gasteiger partial charge in [-0.05, 0) is 42.6 Å². The molecule has 0 aliphatic rings. The highest BCUT2D eigenvalue weighted by atomic mass is 35.5. The molecule has 2 rings (SSSR count). The first kappa shape index (κ1) is 13.6. The minimum Gasteiger partial charge on any atom is -0.315 e. The summed E-state index contributed by atoms with van der Waals surface area (Å²) in [5, 5.41) is -0.713. The van der Waals surface area contributed by atoms with Gasteiger partial charge in [-0.15, -0.1) is 0 Å². The number of pyridine rings is 1. The Labute approximate surface area is 116 Å². The molecular formula is C15H14ClNO2. The maximum atomic E-state index is 11.9. The summed E-state index contributed by atoms with van der Waals surface area (Å²) in [7, 11) is 0. The molecule has 0 atom stereocenters. The van der Waals surface area contributed by atoms with Crippen LogP contribution in [0, 0.1) is 6.92 Å². The van der Waals surface area contributed by atoms with Crippen LogP contribution in [0.5, 0.6) is 0 Å². The van der Waals surface area contributed by atoms with Crippen LogP contribution < -0.4 is 5.56 Å². The topological polar surface area (TPSA) is 39.1 Å². The standard InChI is InChI=1S/C15H14ClNO2/c1-11-4-6-12(7-5-11)8-10-17-9-2-3-13(14(16)18)15(17)19/h2-7,9H,8,10H2,1H3. The highest BCUT2D eigenvalue weighted by Gasteiger charge is 2.08. The molecule has 0 N–H and O–H groups in total. The lowest BCUT2D eigenvalue weighted by Gasteiger charge is -2.07. The van der Waals surface area contributed by atoms with Crippen molar-refractivity contribution in [2.75, 3.05) is 0 Å². The third-order valence-electron chi connectivity index (χ3n) is 2.99. The molecule has 0 bridgehead atoms. The van der Waals surface area contributed by atoms with E-state index in [0.29, 0.717) is 6.54 Å². The number of aryl methyl sites for hydroxylation is 3. The van der Waals surface area contributed by atoms with Gasteiger partial charge in [0.1, 0.15) is 0 Å². The molecule has 0 aliphatic heterocycles. The molecule has 0 spiro atoms. The summed E-state index contributed by atoms with van der Waals surface area (Å²) in [4.78, 5) is 23.0. The summed E-state index contributed by atoms with van der Waals surface area (Å²) in [6, 6.07) is 11.3. The molecule has 3 nitrogen and oxygen atoms in total. The molecule has 0 fully saturated rings. The van der Waals surface area contributed by atoms with Crippen LogP contribution in [0.15, 0.2) is 47.4 Å². The average molecular weight is 276 g/mol. The maximum Gasteiger partial charge on any atom is 0.262 e. The third-order valence-corrected chi connectivity index (χ3v) is 3.20. The Balaban J connectivity index is 2.16. The van der Waals surface area contributed by atoms with Crippen LogP contribution in [-0.2, 0) is 13.0 Å². The number of hydrogen-bond donors (Lipinski definition) is 0. The highest BCUT2D eigenvalue weighted by Crippen LogP contribution is 2.05. The van der Waals surface area contributed by atoms with E-state index in [1.54, 1.807) is 12.3 Å². The SMILES string of the molecule is Cc1ccc(CCn2cccc(C(=O)Cl)c2=O)cc1. The Kier molecular flexibility index (Phi) is 4.17. The number of hydrogen-bond acceptors (Lipinski definition) is 2. The normalized spacial score (nSPS) is 10.4. The Morgan fingerprint density at radius 1 is 1.21 bits per heavy atom. The molecule has 1 heterocycles. The fraction of sp³-hybridized carbons (Fsp3) is 0.200. The largest absolute Gasteiger partial charge is 0.315 e. The average Bonchev–Trinajstić information content (AvgIpc) is 2.39. The van der Waals surface area contributed by atoms with Gasteiger partial charge in [-0.1, -0.05) is 29.8 Å². The third kappa shape index (κ3) is 3.32. The van der Waals surface area contributed by atoms with E-state index in [1.807, 2.05) is 31.2 Å². The Morgan fingerprint density at radius 3 is 2.53 bits per heavy atom. The molecule has 1 aromatic heterocycles. The van der Waals surface area contributed by atoms with Gasteiger partial charge in [0.25, 0.3) is 10.8 Å². The first-order valence-corrected chi connectivity index (χ1v) is 6.40. The van der Waals surface area contributed by atoms with Crippen molar-refractivity contribution in [1.82, 2.24) is 4.57 Å². The van der Waals surface area contributed by atoms with Crippen molar-refractivity contribution in [1.29, 1.82) is 0 Å². The van der Waals surface area contributed by atoms with Gasteiger partial charge < -0.3 is 4.57 Å². The number of carbonyl (C=O) groups excluding carboxylic acids is 1. The fourth-order valence-corrected chi connectivity index (χ4v) is 2.01. The number of aromatic nitrogens is 1. The van der Waals surface area contributed by atoms with E-state index in [1.165, 1.54) is 16.2 Å². The predicted molar refractivity (Wildman–Crippen MR) is 75.8 cm³/mol. The van der Waals surface area contributed by atoms with Gasteiger partial charge in [0, 0.05) is 12.7 Å². The monoisotopic (exact) mass is 275 g/mol. The maximum absolute atomic E-state index is 11.9. The molecule has 19 heavy (non-hydrogen) atoms. The van der Waals surface area contributed by atoms with Crippen LogP contribution in [0.3, 0.4) is 0 Å². The molecular weight excluding hydrogens is 262 g/mol. The van der Waals surface area contributed by atoms with E-state index in [2.05, 4.69) is 0 Å². The first-order valence-electron chi connectivity index (χ1n) is 6.03. The summed E-state index contributed by atoms with van der Waals surface area (Å²) in [6.07, 6.45) is 2.40. The van der Waals surface area contributed by atoms with Crippen LogP contribution in [0.25, 0.3) is 0 Å². The van der Waals surface area contributed by atoms with Crippen molar-refractivity contribution in [2.45, 2.75) is 19.9 Å². The van der Waals surface area contributed by atoms with Crippen molar-refractivity contribution in [3.63, 3.8) is 0 Å². The van der Waals surface area contributed by atoms with E-state index in [9.17, 15) is 9.59 Å². The molecule has 0 saturated heterocycles. The van der Waals surface area contributed by atoms with E-state index < -0.39 is 5.24 Å². The van der Waals surface area contributed by atoms with Gasteiger partial charge in [0.05, 0.1) is 5.56 Å². The van der Waals surface area contributed by atoms with Crippen molar-refractivity contribution >= 4 is 16.8 Å². The fourth-order valence-electron chi connectivity index (χ4n) is 1.87. The minimum absolute atomic E-state index is 0.0214. The Hall–Kier alpha value is -1.87. The molecule has 0 amide bonds. The molecule has 0 aliphatic carbocycles. The molecule has 0 unspecified atom stereocenters. The zero-order valence-electron chi connectivity index (χ0n) is 10.6. The van der Waals surface area contributed by atoms with E-state index in [0.717, 1.165) is 12.0 Å². The predicted octanol–water partition coefficient (Wildman–Crippen LogP) is 2.78. The second kappa shape index (κ2) is 5.85. The lowest BCUT2D eigenvalue weighted by molar-refractivity contribution is 0.107. The molecule has 2 aromatic rings. The summed E-state index contributed by atoms with van der Waals surface area (Å²) >= 11 is 5.36. The zero-order chi connectivity index (χ0) is 13.8. The molecule has 0 radical (unpaired) electrons. The van der Waals surface area contributed by atoms with Gasteiger partial charge >= 0.3 is 0 Å². The van der Waals surface area contributed by atoms with Gasteiger partial charge in [0.15, 0.2) is 0 Å². The van der Waals surface area contributed by atoms with Crippen LogP contribution >= 0.6 is 11.6 Å². The minimum atomic E-state index is -0.713. The van der Waals surface area contributed by atoms with Gasteiger partial charge in [-0.25, -0.2) is 0 Å². The quantitative estimate of drug-likeness (QED) is 0.805. The number of benzene rings is 1. The second-order valence-electron chi connectivity index (χ2n) is 4.43. The zero-order valence-corrected chi connectivity index (χ0v) is 11.4. The Bertz CT molecular complexity index is 644. The van der Waals surface area contributed by atoms with Crippen molar-refractivity contribution < 1.29 is 4.79 Å². The highest BCUT2D eigenvalue weighted by molar-refractivity contribution is 6.67. The summed E-state index contributed by atoms with van der Waals surface area (Å²) in [6.45, 7) is 2.56. The van der Waals surface area contributed by atoms with Gasteiger partial charge in [0.2, 0.25) is 0 Å². The van der Waals surface area contributed by atoms with Gasteiger partial charge in [-0.2, -0.15) is 0 Å². The number of rotatable bonds is 4. The summed E-state index contributed by atoms with van der Waals surface area (Å²) < 4.78 is 1.51. The number of halogens is 1. The molecule has 4 heteroatoms. The molecule has 0 saturated carbocycles. The molecule has 98 valence electrons.